The van der Waals surface area contributed by atoms with Crippen LogP contribution in [0.2, 0.25) is 0 Å². The van der Waals surface area contributed by atoms with Crippen molar-refractivity contribution in [3.8, 4) is 11.5 Å². The van der Waals surface area contributed by atoms with Gasteiger partial charge in [0.25, 0.3) is 0 Å². The number of alkyl halides is 3. The Morgan fingerprint density at radius 3 is 2.52 bits per heavy atom. The number of carbonyl (C=O) groups excluding carboxylic acids is 1. The van der Waals surface area contributed by atoms with Gasteiger partial charge in [-0.3, -0.25) is 4.79 Å². The average Bonchev–Trinajstić information content (AvgIpc) is 3.28. The van der Waals surface area contributed by atoms with Crippen LogP contribution in [0.5, 0.6) is 0 Å². The highest BCUT2D eigenvalue weighted by molar-refractivity contribution is 7.18. The van der Waals surface area contributed by atoms with E-state index in [2.05, 4.69) is 15.3 Å². The second-order valence-corrected chi connectivity index (χ2v) is 10.7. The van der Waals surface area contributed by atoms with Crippen molar-refractivity contribution >= 4 is 44.3 Å². The molecule has 0 radical (unpaired) electrons. The minimum atomic E-state index is -4.63. The summed E-state index contributed by atoms with van der Waals surface area (Å²) in [5.41, 5.74) is 1.99. The number of nitrogens with zero attached hydrogens (tertiary/aromatic N) is 2. The van der Waals surface area contributed by atoms with Gasteiger partial charge in [-0.15, -0.1) is 0 Å². The summed E-state index contributed by atoms with van der Waals surface area (Å²) in [4.78, 5) is 35.7. The monoisotopic (exact) mass is 567 g/mol. The van der Waals surface area contributed by atoms with Crippen molar-refractivity contribution in [1.29, 1.82) is 0 Å². The third kappa shape index (κ3) is 4.92. The first-order chi connectivity index (χ1) is 18.9. The summed E-state index contributed by atoms with van der Waals surface area (Å²) in [5, 5.41) is 4.33. The zero-order valence-corrected chi connectivity index (χ0v) is 23.0. The summed E-state index contributed by atoms with van der Waals surface area (Å²) >= 11 is 1.43. The number of aromatic nitrogens is 2. The number of halogens is 3. The normalized spacial score (nSPS) is 12.6. The predicted octanol–water partition coefficient (Wildman–Crippen LogP) is 7.37. The molecular weight excluding hydrogens is 543 g/mol. The van der Waals surface area contributed by atoms with E-state index in [0.29, 0.717) is 38.4 Å². The highest BCUT2D eigenvalue weighted by Gasteiger charge is 2.32. The molecule has 0 aliphatic rings. The number of hydrogen-bond acceptors (Lipinski definition) is 8. The molecule has 0 aliphatic heterocycles. The first-order valence-electron chi connectivity index (χ1n) is 12.3. The number of fused-ring (bicyclic) bond motifs is 2. The molecule has 2 aromatic carbocycles. The lowest BCUT2D eigenvalue weighted by Gasteiger charge is -2.21. The van der Waals surface area contributed by atoms with E-state index in [1.807, 2.05) is 26.0 Å². The summed E-state index contributed by atoms with van der Waals surface area (Å²) in [5.74, 6) is -0.605. The molecule has 1 N–H and O–H groups in total. The molecule has 3 aromatic heterocycles. The molecule has 0 fully saturated rings. The summed E-state index contributed by atoms with van der Waals surface area (Å²) in [7, 11) is 1.10. The minimum absolute atomic E-state index is 0.143. The molecule has 0 spiro atoms. The zero-order valence-electron chi connectivity index (χ0n) is 22.2. The van der Waals surface area contributed by atoms with Crippen LogP contribution in [-0.2, 0) is 10.9 Å². The number of carbonyl (C=O) groups is 1. The van der Waals surface area contributed by atoms with Gasteiger partial charge in [0.1, 0.15) is 21.6 Å². The Labute approximate surface area is 230 Å². The number of hydrogen-bond donors (Lipinski definition) is 1. The van der Waals surface area contributed by atoms with E-state index >= 15 is 0 Å². The maximum Gasteiger partial charge on any atom is 0.416 e. The topological polar surface area (TPSA) is 94.3 Å². The first-order valence-corrected chi connectivity index (χ1v) is 13.1. The van der Waals surface area contributed by atoms with Gasteiger partial charge >= 0.3 is 12.1 Å². The molecule has 206 valence electrons. The van der Waals surface area contributed by atoms with Crippen LogP contribution < -0.4 is 10.7 Å². The summed E-state index contributed by atoms with van der Waals surface area (Å²) in [6, 6.07) is 9.37. The lowest BCUT2D eigenvalue weighted by molar-refractivity contribution is -0.137. The van der Waals surface area contributed by atoms with E-state index in [1.54, 1.807) is 26.0 Å². The molecule has 0 saturated carbocycles. The van der Waals surface area contributed by atoms with Crippen molar-refractivity contribution in [3.63, 3.8) is 0 Å². The number of anilines is 1. The molecule has 3 heterocycles. The largest absolute Gasteiger partial charge is 0.465 e. The lowest BCUT2D eigenvalue weighted by Crippen LogP contribution is -2.15. The van der Waals surface area contributed by atoms with Crippen molar-refractivity contribution in [2.24, 2.45) is 0 Å². The smallest absolute Gasteiger partial charge is 0.416 e. The van der Waals surface area contributed by atoms with Gasteiger partial charge in [0, 0.05) is 16.8 Å². The Kier molecular flexibility index (Phi) is 6.87. The van der Waals surface area contributed by atoms with E-state index in [0.717, 1.165) is 35.3 Å². The number of methoxy groups -OCH3 is 1. The number of nitrogens with one attached hydrogen (secondary N) is 1. The SMILES string of the molecule is COC(=O)c1cc(C(F)(F)F)ccc1N[C@H](C)c1cc(C)cc2c(=O)c(C)c(-c3ccc4nc(C)sc4n3)oc12. The van der Waals surface area contributed by atoms with Gasteiger partial charge in [-0.25, -0.2) is 14.8 Å². The molecule has 0 unspecified atom stereocenters. The van der Waals surface area contributed by atoms with Gasteiger partial charge < -0.3 is 14.5 Å². The van der Waals surface area contributed by atoms with Crippen LogP contribution in [-0.4, -0.2) is 23.0 Å². The maximum atomic E-state index is 13.5. The third-order valence-electron chi connectivity index (χ3n) is 6.58. The van der Waals surface area contributed by atoms with Crippen molar-refractivity contribution in [1.82, 2.24) is 9.97 Å². The van der Waals surface area contributed by atoms with Crippen LogP contribution >= 0.6 is 11.3 Å². The second kappa shape index (κ2) is 10.1. The number of ether oxygens (including phenoxy) is 1. The molecular formula is C29H24F3N3O4S. The van der Waals surface area contributed by atoms with Crippen molar-refractivity contribution in [2.45, 2.75) is 39.9 Å². The molecule has 0 aliphatic carbocycles. The van der Waals surface area contributed by atoms with Gasteiger partial charge in [0.05, 0.1) is 34.7 Å². The van der Waals surface area contributed by atoms with Gasteiger partial charge in [-0.05, 0) is 69.7 Å². The van der Waals surface area contributed by atoms with E-state index in [9.17, 15) is 22.8 Å². The van der Waals surface area contributed by atoms with Gasteiger partial charge in [0.15, 0.2) is 11.2 Å². The quantitative estimate of drug-likeness (QED) is 0.222. The highest BCUT2D eigenvalue weighted by atomic mass is 32.1. The molecule has 5 rings (SSSR count). The standard InChI is InChI=1S/C29H24F3N3O4S/c1-13-10-18(15(3)33-21-7-6-17(29(30,31)32)12-19(21)28(37)38-5)26-20(11-13)24(36)14(2)25(39-26)22-8-9-23-27(35-22)40-16(4)34-23/h6-12,15,33H,1-5H3/t15-/m1/s1. The van der Waals surface area contributed by atoms with Gasteiger partial charge in [-0.2, -0.15) is 13.2 Å². The molecule has 11 heteroatoms. The predicted molar refractivity (Wildman–Crippen MR) is 148 cm³/mol. The Hall–Kier alpha value is -4.25. The average molecular weight is 568 g/mol. The molecule has 1 atom stereocenters. The minimum Gasteiger partial charge on any atom is -0.465 e. The highest BCUT2D eigenvalue weighted by Crippen LogP contribution is 2.35. The van der Waals surface area contributed by atoms with E-state index < -0.39 is 23.8 Å². The maximum absolute atomic E-state index is 13.5. The fraction of sp³-hybridized carbons (Fsp3) is 0.241. The summed E-state index contributed by atoms with van der Waals surface area (Å²) < 4.78 is 51.1. The Morgan fingerprint density at radius 1 is 1.07 bits per heavy atom. The van der Waals surface area contributed by atoms with Crippen molar-refractivity contribution in [3.05, 3.63) is 85.5 Å². The first kappa shape index (κ1) is 27.3. The van der Waals surface area contributed by atoms with Crippen LogP contribution in [0.4, 0.5) is 18.9 Å². The second-order valence-electron chi connectivity index (χ2n) is 9.49. The molecule has 40 heavy (non-hydrogen) atoms. The van der Waals surface area contributed by atoms with Crippen molar-refractivity contribution in [2.75, 3.05) is 12.4 Å². The van der Waals surface area contributed by atoms with Crippen LogP contribution in [0.3, 0.4) is 0 Å². The number of esters is 1. The van der Waals surface area contributed by atoms with Crippen LogP contribution in [0, 0.1) is 20.8 Å². The Morgan fingerprint density at radius 2 is 1.82 bits per heavy atom. The zero-order chi connectivity index (χ0) is 28.9. The third-order valence-corrected chi connectivity index (χ3v) is 7.46. The molecule has 7 nitrogen and oxygen atoms in total. The lowest BCUT2D eigenvalue weighted by atomic mass is 9.99. The van der Waals surface area contributed by atoms with Gasteiger partial charge in [0.2, 0.25) is 0 Å². The van der Waals surface area contributed by atoms with Gasteiger partial charge in [-0.1, -0.05) is 17.4 Å². The molecule has 0 amide bonds. The number of rotatable bonds is 5. The fourth-order valence-corrected chi connectivity index (χ4v) is 5.41. The summed E-state index contributed by atoms with van der Waals surface area (Å²) in [6.07, 6.45) is -4.63. The summed E-state index contributed by atoms with van der Waals surface area (Å²) in [6.45, 7) is 7.16. The fourth-order valence-electron chi connectivity index (χ4n) is 4.62. The van der Waals surface area contributed by atoms with E-state index in [-0.39, 0.29) is 16.7 Å². The van der Waals surface area contributed by atoms with Crippen LogP contribution in [0.1, 0.15) is 50.6 Å². The number of aryl methyl sites for hydroxylation is 2. The van der Waals surface area contributed by atoms with Crippen LogP contribution in [0.15, 0.2) is 51.7 Å². The van der Waals surface area contributed by atoms with Crippen LogP contribution in [0.25, 0.3) is 32.8 Å². The van der Waals surface area contributed by atoms with Crippen molar-refractivity contribution < 1.29 is 27.1 Å². The number of benzene rings is 2. The number of thiazole rings is 1. The Bertz CT molecular complexity index is 1860. The van der Waals surface area contributed by atoms with E-state index in [4.69, 9.17) is 9.15 Å². The Balaban J connectivity index is 1.64. The molecule has 0 bridgehead atoms. The number of pyridine rings is 1. The van der Waals surface area contributed by atoms with E-state index in [1.165, 1.54) is 17.4 Å². The molecule has 0 saturated heterocycles. The molecule has 5 aromatic rings.